The van der Waals surface area contributed by atoms with Crippen LogP contribution in [0, 0.1) is 0 Å². The van der Waals surface area contributed by atoms with Gasteiger partial charge in [-0.25, -0.2) is 9.97 Å². The van der Waals surface area contributed by atoms with Crippen molar-refractivity contribution in [2.24, 2.45) is 0 Å². The lowest BCUT2D eigenvalue weighted by molar-refractivity contribution is -0.120. The molecule has 1 unspecified atom stereocenters. The fourth-order valence-corrected chi connectivity index (χ4v) is 2.67. The summed E-state index contributed by atoms with van der Waals surface area (Å²) in [4.78, 5) is 28.9. The largest absolute Gasteiger partial charge is 0.369 e. The van der Waals surface area contributed by atoms with Gasteiger partial charge in [-0.3, -0.25) is 20.0 Å². The first kappa shape index (κ1) is 15.4. The number of hydrogen-bond donors (Lipinski definition) is 1. The third-order valence-corrected chi connectivity index (χ3v) is 4.07. The van der Waals surface area contributed by atoms with Gasteiger partial charge in [0.2, 0.25) is 11.9 Å². The highest BCUT2D eigenvalue weighted by molar-refractivity contribution is 5.93. The minimum absolute atomic E-state index is 0.0754. The van der Waals surface area contributed by atoms with Gasteiger partial charge in [0.15, 0.2) is 0 Å². The third kappa shape index (κ3) is 3.81. The van der Waals surface area contributed by atoms with E-state index in [0.29, 0.717) is 5.95 Å². The molecule has 0 bridgehead atoms. The molecule has 1 amide bonds. The molecule has 1 aliphatic heterocycles. The summed E-state index contributed by atoms with van der Waals surface area (Å²) in [7, 11) is 0. The van der Waals surface area contributed by atoms with E-state index in [4.69, 9.17) is 0 Å². The molecule has 0 spiro atoms. The van der Waals surface area contributed by atoms with Gasteiger partial charge < -0.3 is 4.90 Å². The monoisotopic (exact) mass is 312 g/mol. The molecule has 0 aliphatic carbocycles. The van der Waals surface area contributed by atoms with Crippen molar-refractivity contribution in [2.45, 2.75) is 13.0 Å². The second kappa shape index (κ2) is 7.15. The topological polar surface area (TPSA) is 74.2 Å². The van der Waals surface area contributed by atoms with Crippen molar-refractivity contribution < 1.29 is 4.79 Å². The molecule has 3 heterocycles. The van der Waals surface area contributed by atoms with Crippen LogP contribution in [-0.2, 0) is 4.79 Å². The molecule has 120 valence electrons. The van der Waals surface area contributed by atoms with Crippen molar-refractivity contribution in [3.05, 3.63) is 43.0 Å². The summed E-state index contributed by atoms with van der Waals surface area (Å²) < 4.78 is 0. The molecule has 1 saturated heterocycles. The Hall–Kier alpha value is -2.54. The Bertz CT molecular complexity index is 628. The SMILES string of the molecule is CC(C(=O)Nc1ncccn1)N1CCN(c2ccncc2)CC1. The van der Waals surface area contributed by atoms with Crippen LogP contribution in [0.2, 0.25) is 0 Å². The summed E-state index contributed by atoms with van der Waals surface area (Å²) in [6.07, 6.45) is 6.83. The van der Waals surface area contributed by atoms with Crippen LogP contribution in [0.1, 0.15) is 6.92 Å². The van der Waals surface area contributed by atoms with Crippen LogP contribution in [-0.4, -0.2) is 58.0 Å². The number of aromatic nitrogens is 3. The third-order valence-electron chi connectivity index (χ3n) is 4.07. The Kier molecular flexibility index (Phi) is 4.77. The number of carbonyl (C=O) groups excluding carboxylic acids is 1. The molecular weight excluding hydrogens is 292 g/mol. The lowest BCUT2D eigenvalue weighted by Gasteiger charge is -2.38. The number of rotatable bonds is 4. The highest BCUT2D eigenvalue weighted by Crippen LogP contribution is 2.16. The number of nitrogens with zero attached hydrogens (tertiary/aromatic N) is 5. The lowest BCUT2D eigenvalue weighted by atomic mass is 10.2. The quantitative estimate of drug-likeness (QED) is 0.908. The van der Waals surface area contributed by atoms with E-state index in [2.05, 4.69) is 30.1 Å². The first-order valence-corrected chi connectivity index (χ1v) is 7.71. The molecule has 7 heteroatoms. The van der Waals surface area contributed by atoms with Gasteiger partial charge in [0.25, 0.3) is 0 Å². The van der Waals surface area contributed by atoms with Crippen LogP contribution in [0.3, 0.4) is 0 Å². The van der Waals surface area contributed by atoms with Crippen molar-refractivity contribution in [3.8, 4) is 0 Å². The molecule has 1 fully saturated rings. The van der Waals surface area contributed by atoms with Crippen LogP contribution in [0.15, 0.2) is 43.0 Å². The van der Waals surface area contributed by atoms with Gasteiger partial charge in [-0.1, -0.05) is 0 Å². The van der Waals surface area contributed by atoms with Crippen LogP contribution >= 0.6 is 0 Å². The summed E-state index contributed by atoms with van der Waals surface area (Å²) in [5, 5.41) is 2.76. The van der Waals surface area contributed by atoms with Crippen molar-refractivity contribution in [1.82, 2.24) is 19.9 Å². The zero-order valence-electron chi connectivity index (χ0n) is 13.1. The summed E-state index contributed by atoms with van der Waals surface area (Å²) >= 11 is 0. The van der Waals surface area contributed by atoms with Gasteiger partial charge in [-0.2, -0.15) is 0 Å². The number of anilines is 2. The van der Waals surface area contributed by atoms with E-state index in [1.54, 1.807) is 30.9 Å². The number of nitrogens with one attached hydrogen (secondary N) is 1. The Morgan fingerprint density at radius 2 is 1.74 bits per heavy atom. The predicted octanol–water partition coefficient (Wildman–Crippen LogP) is 1.02. The van der Waals surface area contributed by atoms with Crippen LogP contribution in [0.4, 0.5) is 11.6 Å². The van der Waals surface area contributed by atoms with Crippen molar-refractivity contribution >= 4 is 17.5 Å². The first-order valence-electron chi connectivity index (χ1n) is 7.71. The number of hydrogen-bond acceptors (Lipinski definition) is 6. The maximum Gasteiger partial charge on any atom is 0.243 e. The molecule has 23 heavy (non-hydrogen) atoms. The van der Waals surface area contributed by atoms with Gasteiger partial charge in [0.1, 0.15) is 0 Å². The van der Waals surface area contributed by atoms with Crippen molar-refractivity contribution in [2.75, 3.05) is 36.4 Å². The van der Waals surface area contributed by atoms with Gasteiger partial charge in [-0.15, -0.1) is 0 Å². The molecule has 0 saturated carbocycles. The lowest BCUT2D eigenvalue weighted by Crippen LogP contribution is -2.52. The standard InChI is InChI=1S/C16H20N6O/c1-13(15(23)20-16-18-5-2-6-19-16)21-9-11-22(12-10-21)14-3-7-17-8-4-14/h2-8,13H,9-12H2,1H3,(H,18,19,20,23). The minimum atomic E-state index is -0.210. The zero-order chi connectivity index (χ0) is 16.1. The van der Waals surface area contributed by atoms with E-state index in [-0.39, 0.29) is 11.9 Å². The Morgan fingerprint density at radius 3 is 2.39 bits per heavy atom. The predicted molar refractivity (Wildman–Crippen MR) is 88.1 cm³/mol. The molecule has 1 N–H and O–H groups in total. The summed E-state index contributed by atoms with van der Waals surface area (Å²) in [5.41, 5.74) is 1.18. The molecule has 0 radical (unpaired) electrons. The van der Waals surface area contributed by atoms with Crippen molar-refractivity contribution in [1.29, 1.82) is 0 Å². The van der Waals surface area contributed by atoms with Crippen molar-refractivity contribution in [3.63, 3.8) is 0 Å². The summed E-state index contributed by atoms with van der Waals surface area (Å²) in [6.45, 7) is 5.38. The van der Waals surface area contributed by atoms with Gasteiger partial charge in [0, 0.05) is 56.7 Å². The zero-order valence-corrected chi connectivity index (χ0v) is 13.1. The van der Waals surface area contributed by atoms with E-state index in [1.807, 2.05) is 19.1 Å². The molecular formula is C16H20N6O. The molecule has 1 atom stereocenters. The van der Waals surface area contributed by atoms with E-state index in [1.165, 1.54) is 5.69 Å². The maximum atomic E-state index is 12.3. The van der Waals surface area contributed by atoms with Gasteiger partial charge in [-0.05, 0) is 25.1 Å². The summed E-state index contributed by atoms with van der Waals surface area (Å²) in [6, 6.07) is 5.53. The highest BCUT2D eigenvalue weighted by Gasteiger charge is 2.26. The molecule has 1 aliphatic rings. The van der Waals surface area contributed by atoms with E-state index in [0.717, 1.165) is 26.2 Å². The fourth-order valence-electron chi connectivity index (χ4n) is 2.67. The maximum absolute atomic E-state index is 12.3. The minimum Gasteiger partial charge on any atom is -0.369 e. The second-order valence-electron chi connectivity index (χ2n) is 5.47. The van der Waals surface area contributed by atoms with E-state index < -0.39 is 0 Å². The van der Waals surface area contributed by atoms with Gasteiger partial charge in [0.05, 0.1) is 6.04 Å². The number of pyridine rings is 1. The molecule has 0 aromatic carbocycles. The molecule has 7 nitrogen and oxygen atoms in total. The van der Waals surface area contributed by atoms with E-state index >= 15 is 0 Å². The molecule has 2 aromatic heterocycles. The Balaban J connectivity index is 1.53. The average molecular weight is 312 g/mol. The Labute approximate surface area is 135 Å². The normalized spacial score (nSPS) is 16.8. The first-order chi connectivity index (χ1) is 11.2. The van der Waals surface area contributed by atoms with Crippen LogP contribution < -0.4 is 10.2 Å². The second-order valence-corrected chi connectivity index (χ2v) is 5.47. The smallest absolute Gasteiger partial charge is 0.243 e. The number of amides is 1. The highest BCUT2D eigenvalue weighted by atomic mass is 16.2. The van der Waals surface area contributed by atoms with Crippen LogP contribution in [0.25, 0.3) is 0 Å². The number of carbonyl (C=O) groups is 1. The molecule has 2 aromatic rings. The van der Waals surface area contributed by atoms with E-state index in [9.17, 15) is 4.79 Å². The van der Waals surface area contributed by atoms with Gasteiger partial charge >= 0.3 is 0 Å². The average Bonchev–Trinajstić information content (AvgIpc) is 2.63. The fraction of sp³-hybridized carbons (Fsp3) is 0.375. The number of piperazine rings is 1. The molecule has 3 rings (SSSR count). The summed E-state index contributed by atoms with van der Waals surface area (Å²) in [5.74, 6) is 0.272. The Morgan fingerprint density at radius 1 is 1.09 bits per heavy atom. The van der Waals surface area contributed by atoms with Crippen LogP contribution in [0.5, 0.6) is 0 Å².